The molecule has 1 aliphatic heterocycles. The molecule has 39 heavy (non-hydrogen) atoms. The van der Waals surface area contributed by atoms with Crippen molar-refractivity contribution in [2.24, 2.45) is 23.7 Å². The predicted octanol–water partition coefficient (Wildman–Crippen LogP) is 5.45. The minimum absolute atomic E-state index is 0.0196. The first-order valence-corrected chi connectivity index (χ1v) is 12.6. The van der Waals surface area contributed by atoms with Crippen LogP contribution in [0.1, 0.15) is 29.3 Å². The van der Waals surface area contributed by atoms with Gasteiger partial charge in [-0.15, -0.1) is 0 Å². The van der Waals surface area contributed by atoms with Gasteiger partial charge in [0.2, 0.25) is 11.8 Å². The number of imide groups is 1. The van der Waals surface area contributed by atoms with E-state index < -0.39 is 10.9 Å². The number of nitrogens with zero attached hydrogens (tertiary/aromatic N) is 2. The highest BCUT2D eigenvalue weighted by Crippen LogP contribution is 2.55. The SMILES string of the molecule is CC1=C[C@H]2C[C@@H]1[C@H]1C(=O)N(c3ccc(C(=O)OCc4ccc(Oc5ccc([N+](=O)[O-])cc5)cc4)cc3)C(=O)[C@@H]12. The third kappa shape index (κ3) is 4.35. The minimum Gasteiger partial charge on any atom is -0.457 e. The summed E-state index contributed by atoms with van der Waals surface area (Å²) in [6.45, 7) is 2.08. The summed E-state index contributed by atoms with van der Waals surface area (Å²) in [6, 6.07) is 19.0. The van der Waals surface area contributed by atoms with Gasteiger partial charge in [0.15, 0.2) is 0 Å². The summed E-state index contributed by atoms with van der Waals surface area (Å²) in [4.78, 5) is 50.4. The lowest BCUT2D eigenvalue weighted by atomic mass is 9.82. The summed E-state index contributed by atoms with van der Waals surface area (Å²) in [6.07, 6.45) is 3.02. The Balaban J connectivity index is 1.05. The molecule has 3 aliphatic rings. The maximum atomic E-state index is 13.1. The lowest BCUT2D eigenvalue weighted by Crippen LogP contribution is -2.32. The second kappa shape index (κ2) is 9.50. The molecular formula is C30H24N2O7. The number of amides is 2. The van der Waals surface area contributed by atoms with E-state index in [0.29, 0.717) is 22.7 Å². The average Bonchev–Trinajstić information content (AvgIpc) is 3.58. The standard InChI is InChI=1S/C30H24N2O7/c1-17-14-20-15-25(17)27-26(20)28(33)31(29(27)34)21-6-4-19(5-7-21)30(35)38-16-18-2-10-23(11-3-18)39-24-12-8-22(9-13-24)32(36)37/h2-14,20,25-27H,15-16H2,1H3/t20-,25-,26+,27+/m0/s1. The molecule has 0 N–H and O–H groups in total. The molecule has 2 amide bonds. The predicted molar refractivity (Wildman–Crippen MR) is 140 cm³/mol. The van der Waals surface area contributed by atoms with Gasteiger partial charge in [-0.05, 0) is 79.3 Å². The van der Waals surface area contributed by atoms with E-state index in [1.807, 2.05) is 6.92 Å². The number of nitro groups is 1. The molecule has 2 fully saturated rings. The molecular weight excluding hydrogens is 500 g/mol. The molecule has 0 aromatic heterocycles. The summed E-state index contributed by atoms with van der Waals surface area (Å²) in [5.74, 6) is -0.103. The molecule has 3 aromatic carbocycles. The molecule has 6 rings (SSSR count). The van der Waals surface area contributed by atoms with E-state index >= 15 is 0 Å². The number of ether oxygens (including phenoxy) is 2. The molecule has 1 saturated heterocycles. The molecule has 9 nitrogen and oxygen atoms in total. The second-order valence-electron chi connectivity index (χ2n) is 10.1. The fraction of sp³-hybridized carbons (Fsp3) is 0.233. The van der Waals surface area contributed by atoms with E-state index in [1.54, 1.807) is 48.5 Å². The Morgan fingerprint density at radius 3 is 2.18 bits per heavy atom. The number of anilines is 1. The number of carbonyl (C=O) groups excluding carboxylic acids is 3. The topological polar surface area (TPSA) is 116 Å². The molecule has 1 saturated carbocycles. The zero-order valence-electron chi connectivity index (χ0n) is 21.0. The third-order valence-electron chi connectivity index (χ3n) is 7.82. The van der Waals surface area contributed by atoms with Crippen molar-refractivity contribution in [1.82, 2.24) is 0 Å². The van der Waals surface area contributed by atoms with Crippen molar-refractivity contribution in [3.05, 3.63) is 106 Å². The van der Waals surface area contributed by atoms with Crippen molar-refractivity contribution in [2.45, 2.75) is 20.0 Å². The minimum atomic E-state index is -0.526. The first-order valence-electron chi connectivity index (χ1n) is 12.6. The van der Waals surface area contributed by atoms with Crippen LogP contribution in [-0.4, -0.2) is 22.7 Å². The monoisotopic (exact) mass is 524 g/mol. The number of allylic oxidation sites excluding steroid dienone is 2. The highest BCUT2D eigenvalue weighted by atomic mass is 16.6. The van der Waals surface area contributed by atoms with Crippen LogP contribution < -0.4 is 9.64 Å². The zero-order valence-corrected chi connectivity index (χ0v) is 21.0. The number of hydrogen-bond acceptors (Lipinski definition) is 7. The van der Waals surface area contributed by atoms with Crippen molar-refractivity contribution >= 4 is 29.2 Å². The number of non-ortho nitro benzene ring substituents is 1. The van der Waals surface area contributed by atoms with Gasteiger partial charge in [0.1, 0.15) is 18.1 Å². The Morgan fingerprint density at radius 2 is 1.54 bits per heavy atom. The number of benzene rings is 3. The molecule has 2 aliphatic carbocycles. The molecule has 2 bridgehead atoms. The van der Waals surface area contributed by atoms with Crippen molar-refractivity contribution in [3.8, 4) is 11.5 Å². The molecule has 0 unspecified atom stereocenters. The molecule has 3 aromatic rings. The van der Waals surface area contributed by atoms with Crippen LogP contribution in [0.25, 0.3) is 0 Å². The number of rotatable bonds is 7. The van der Waals surface area contributed by atoms with E-state index in [4.69, 9.17) is 9.47 Å². The van der Waals surface area contributed by atoms with Crippen LogP contribution in [0.15, 0.2) is 84.4 Å². The molecule has 196 valence electrons. The maximum Gasteiger partial charge on any atom is 0.338 e. The average molecular weight is 525 g/mol. The summed E-state index contributed by atoms with van der Waals surface area (Å²) in [5, 5.41) is 10.8. The van der Waals surface area contributed by atoms with E-state index in [1.165, 1.54) is 34.7 Å². The summed E-state index contributed by atoms with van der Waals surface area (Å²) < 4.78 is 11.1. The first kappa shape index (κ1) is 24.5. The van der Waals surface area contributed by atoms with Gasteiger partial charge < -0.3 is 9.47 Å². The molecule has 0 spiro atoms. The maximum absolute atomic E-state index is 13.1. The molecule has 4 atom stereocenters. The first-order chi connectivity index (χ1) is 18.8. The van der Waals surface area contributed by atoms with Gasteiger partial charge in [-0.3, -0.25) is 24.6 Å². The Kier molecular flexibility index (Phi) is 5.98. The number of hydrogen-bond donors (Lipinski definition) is 0. The zero-order chi connectivity index (χ0) is 27.3. The normalized spacial score (nSPS) is 23.0. The van der Waals surface area contributed by atoms with Crippen LogP contribution in [0, 0.1) is 33.8 Å². The van der Waals surface area contributed by atoms with Gasteiger partial charge in [0.25, 0.3) is 5.69 Å². The van der Waals surface area contributed by atoms with Gasteiger partial charge >= 0.3 is 5.97 Å². The smallest absolute Gasteiger partial charge is 0.338 e. The van der Waals surface area contributed by atoms with Crippen LogP contribution in [-0.2, 0) is 20.9 Å². The van der Waals surface area contributed by atoms with Crippen LogP contribution in [0.5, 0.6) is 11.5 Å². The van der Waals surface area contributed by atoms with E-state index in [9.17, 15) is 24.5 Å². The van der Waals surface area contributed by atoms with Crippen molar-refractivity contribution in [2.75, 3.05) is 4.90 Å². The number of nitro benzene ring substituents is 1. The summed E-state index contributed by atoms with van der Waals surface area (Å²) in [7, 11) is 0. The van der Waals surface area contributed by atoms with Crippen molar-refractivity contribution in [1.29, 1.82) is 0 Å². The van der Waals surface area contributed by atoms with Gasteiger partial charge in [-0.2, -0.15) is 0 Å². The lowest BCUT2D eigenvalue weighted by molar-refractivity contribution is -0.384. The Bertz CT molecular complexity index is 1510. The fourth-order valence-corrected chi connectivity index (χ4v) is 5.93. The Morgan fingerprint density at radius 1 is 0.923 bits per heavy atom. The van der Waals surface area contributed by atoms with Crippen molar-refractivity contribution in [3.63, 3.8) is 0 Å². The van der Waals surface area contributed by atoms with Crippen molar-refractivity contribution < 1.29 is 28.8 Å². The summed E-state index contributed by atoms with van der Waals surface area (Å²) in [5.41, 5.74) is 2.71. The highest BCUT2D eigenvalue weighted by molar-refractivity contribution is 6.23. The number of esters is 1. The Hall–Kier alpha value is -4.79. The van der Waals surface area contributed by atoms with E-state index in [-0.39, 0.29) is 47.8 Å². The van der Waals surface area contributed by atoms with E-state index in [2.05, 4.69) is 6.08 Å². The highest BCUT2D eigenvalue weighted by Gasteiger charge is 2.60. The van der Waals surface area contributed by atoms with Gasteiger partial charge in [0.05, 0.1) is 28.0 Å². The Labute approximate surface area is 223 Å². The van der Waals surface area contributed by atoms with Crippen LogP contribution in [0.3, 0.4) is 0 Å². The number of fused-ring (bicyclic) bond motifs is 5. The molecule has 9 heteroatoms. The van der Waals surface area contributed by atoms with Gasteiger partial charge in [-0.1, -0.05) is 23.8 Å². The second-order valence-corrected chi connectivity index (χ2v) is 10.1. The fourth-order valence-electron chi connectivity index (χ4n) is 5.93. The van der Waals surface area contributed by atoms with Crippen LogP contribution in [0.2, 0.25) is 0 Å². The quantitative estimate of drug-likeness (QED) is 0.133. The van der Waals surface area contributed by atoms with Crippen LogP contribution in [0.4, 0.5) is 11.4 Å². The number of carbonyl (C=O) groups is 3. The van der Waals surface area contributed by atoms with Gasteiger partial charge in [0, 0.05) is 12.1 Å². The van der Waals surface area contributed by atoms with Gasteiger partial charge in [-0.25, -0.2) is 4.79 Å². The molecule has 0 radical (unpaired) electrons. The third-order valence-corrected chi connectivity index (χ3v) is 7.82. The largest absolute Gasteiger partial charge is 0.457 e. The lowest BCUT2D eigenvalue weighted by Gasteiger charge is -2.19. The van der Waals surface area contributed by atoms with Crippen LogP contribution >= 0.6 is 0 Å². The van der Waals surface area contributed by atoms with E-state index in [0.717, 1.165) is 12.0 Å². The summed E-state index contributed by atoms with van der Waals surface area (Å²) >= 11 is 0. The molecule has 1 heterocycles.